The summed E-state index contributed by atoms with van der Waals surface area (Å²) in [5.41, 5.74) is 5.65. The fourth-order valence-corrected chi connectivity index (χ4v) is 4.28. The first kappa shape index (κ1) is 18.2. The molecule has 2 amide bonds. The van der Waals surface area contributed by atoms with E-state index in [1.54, 1.807) is 0 Å². The summed E-state index contributed by atoms with van der Waals surface area (Å²) in [5.74, 6) is -1.25. The topological polar surface area (TPSA) is 64.7 Å². The fraction of sp³-hybridized carbons (Fsp3) is 0. The number of anilines is 8. The van der Waals surface area contributed by atoms with Gasteiger partial charge in [0.15, 0.2) is 0 Å². The van der Waals surface area contributed by atoms with E-state index < -0.39 is 11.8 Å². The molecule has 0 radical (unpaired) electrons. The van der Waals surface area contributed by atoms with Gasteiger partial charge < -0.3 is 10.6 Å². The average Bonchev–Trinajstić information content (AvgIpc) is 2.85. The highest BCUT2D eigenvalue weighted by atomic mass is 16.2. The summed E-state index contributed by atoms with van der Waals surface area (Å²) >= 11 is 0. The summed E-state index contributed by atoms with van der Waals surface area (Å²) in [5, 5.41) is 6.69. The third kappa shape index (κ3) is 2.66. The lowest BCUT2D eigenvalue weighted by molar-refractivity contribution is -0.135. The number of nitrogens with one attached hydrogen (secondary N) is 2. The minimum absolute atomic E-state index is 0.627. The zero-order chi connectivity index (χ0) is 21.7. The van der Waals surface area contributed by atoms with Crippen molar-refractivity contribution in [1.29, 1.82) is 0 Å². The molecule has 0 unspecified atom stereocenters. The van der Waals surface area contributed by atoms with Gasteiger partial charge in [0.1, 0.15) is 0 Å². The number of rotatable bonds is 0. The summed E-state index contributed by atoms with van der Waals surface area (Å²) in [4.78, 5) is 30.7. The molecule has 4 aromatic rings. The Balaban J connectivity index is 1.49. The highest BCUT2D eigenvalue weighted by Gasteiger charge is 2.37. The monoisotopic (exact) mass is 418 g/mol. The molecule has 6 nitrogen and oxygen atoms in total. The van der Waals surface area contributed by atoms with Gasteiger partial charge in [-0.2, -0.15) is 0 Å². The van der Waals surface area contributed by atoms with Gasteiger partial charge in [0.05, 0.1) is 45.5 Å². The molecule has 0 aromatic heterocycles. The van der Waals surface area contributed by atoms with Gasteiger partial charge in [0.25, 0.3) is 0 Å². The summed E-state index contributed by atoms with van der Waals surface area (Å²) in [6.07, 6.45) is 0. The quantitative estimate of drug-likeness (QED) is 0.353. The first-order valence-electron chi connectivity index (χ1n) is 10.3. The second-order valence-electron chi connectivity index (χ2n) is 7.60. The smallest absolute Gasteiger partial charge is 0.321 e. The molecule has 0 spiro atoms. The Labute approximate surface area is 184 Å². The van der Waals surface area contributed by atoms with E-state index in [-0.39, 0.29) is 0 Å². The summed E-state index contributed by atoms with van der Waals surface area (Å²) < 4.78 is 0. The molecule has 0 fully saturated rings. The lowest BCUT2D eigenvalue weighted by atomic mass is 10.1. The Morgan fingerprint density at radius 2 is 0.688 bits per heavy atom. The molecule has 6 rings (SSSR count). The SMILES string of the molecule is O=C(C(=O)N1c2ccccc2Nc2ccccc21)N1c2ccccc2Nc2ccccc21. The lowest BCUT2D eigenvalue weighted by Gasteiger charge is -2.35. The largest absolute Gasteiger partial charge is 0.352 e. The van der Waals surface area contributed by atoms with E-state index in [0.29, 0.717) is 22.7 Å². The fourth-order valence-electron chi connectivity index (χ4n) is 4.28. The van der Waals surface area contributed by atoms with Crippen LogP contribution in [0.3, 0.4) is 0 Å². The number of hydrogen-bond acceptors (Lipinski definition) is 4. The normalized spacial score (nSPS) is 13.0. The standard InChI is InChI=1S/C26H18N4O2/c31-25(29-21-13-5-1-9-17(21)27-18-10-2-6-14-22(18)29)26(32)30-23-15-7-3-11-19(23)28-20-12-4-8-16-24(20)30/h1-16,27-28H. The molecule has 0 saturated heterocycles. The molecule has 32 heavy (non-hydrogen) atoms. The first-order chi connectivity index (χ1) is 15.7. The van der Waals surface area contributed by atoms with Crippen molar-refractivity contribution >= 4 is 57.3 Å². The van der Waals surface area contributed by atoms with Gasteiger partial charge in [-0.1, -0.05) is 48.5 Å². The molecule has 2 aliphatic rings. The van der Waals surface area contributed by atoms with Crippen molar-refractivity contribution < 1.29 is 9.59 Å². The highest BCUT2D eigenvalue weighted by Crippen LogP contribution is 2.46. The maximum absolute atomic E-state index is 13.8. The van der Waals surface area contributed by atoms with Crippen LogP contribution in [0.1, 0.15) is 0 Å². The van der Waals surface area contributed by atoms with Crippen molar-refractivity contribution in [2.45, 2.75) is 0 Å². The molecular weight excluding hydrogens is 400 g/mol. The zero-order valence-electron chi connectivity index (χ0n) is 16.9. The van der Waals surface area contributed by atoms with Crippen molar-refractivity contribution in [1.82, 2.24) is 0 Å². The summed E-state index contributed by atoms with van der Waals surface area (Å²) in [6.45, 7) is 0. The van der Waals surface area contributed by atoms with Crippen LogP contribution in [0, 0.1) is 0 Å². The Morgan fingerprint density at radius 3 is 0.969 bits per heavy atom. The van der Waals surface area contributed by atoms with Crippen molar-refractivity contribution in [3.63, 3.8) is 0 Å². The number of amides is 2. The molecule has 154 valence electrons. The van der Waals surface area contributed by atoms with Gasteiger partial charge in [-0.25, -0.2) is 0 Å². The minimum atomic E-state index is -0.627. The van der Waals surface area contributed by atoms with Crippen LogP contribution < -0.4 is 20.4 Å². The lowest BCUT2D eigenvalue weighted by Crippen LogP contribution is -2.43. The number of hydrogen-bond donors (Lipinski definition) is 2. The first-order valence-corrected chi connectivity index (χ1v) is 10.3. The molecule has 0 bridgehead atoms. The van der Waals surface area contributed by atoms with Gasteiger partial charge in [-0.15, -0.1) is 0 Å². The van der Waals surface area contributed by atoms with Crippen molar-refractivity contribution in [2.75, 3.05) is 20.4 Å². The number of carbonyl (C=O) groups excluding carboxylic acids is 2. The van der Waals surface area contributed by atoms with Crippen LogP contribution in [0.15, 0.2) is 97.1 Å². The van der Waals surface area contributed by atoms with Gasteiger partial charge >= 0.3 is 11.8 Å². The van der Waals surface area contributed by atoms with E-state index in [9.17, 15) is 9.59 Å². The molecule has 6 heteroatoms. The van der Waals surface area contributed by atoms with E-state index in [1.807, 2.05) is 97.1 Å². The second kappa shape index (κ2) is 6.99. The van der Waals surface area contributed by atoms with Gasteiger partial charge in [0, 0.05) is 0 Å². The minimum Gasteiger partial charge on any atom is -0.352 e. The van der Waals surface area contributed by atoms with E-state index in [2.05, 4.69) is 10.6 Å². The Hall–Kier alpha value is -4.58. The van der Waals surface area contributed by atoms with E-state index in [1.165, 1.54) is 9.80 Å². The van der Waals surface area contributed by atoms with E-state index in [0.717, 1.165) is 22.7 Å². The molecule has 0 atom stereocenters. The highest BCUT2D eigenvalue weighted by molar-refractivity contribution is 6.49. The number of para-hydroxylation sites is 8. The van der Waals surface area contributed by atoms with Crippen LogP contribution in [-0.2, 0) is 9.59 Å². The van der Waals surface area contributed by atoms with Crippen molar-refractivity contribution in [3.8, 4) is 0 Å². The Kier molecular flexibility index (Phi) is 3.98. The molecule has 2 heterocycles. The Morgan fingerprint density at radius 1 is 0.438 bits per heavy atom. The summed E-state index contributed by atoms with van der Waals surface area (Å²) in [7, 11) is 0. The Bertz CT molecular complexity index is 1200. The molecule has 0 aliphatic carbocycles. The van der Waals surface area contributed by atoms with E-state index in [4.69, 9.17) is 0 Å². The van der Waals surface area contributed by atoms with Crippen LogP contribution in [0.25, 0.3) is 0 Å². The van der Waals surface area contributed by atoms with Gasteiger partial charge in [-0.3, -0.25) is 19.4 Å². The average molecular weight is 418 g/mol. The van der Waals surface area contributed by atoms with Crippen LogP contribution in [0.2, 0.25) is 0 Å². The molecule has 0 saturated carbocycles. The second-order valence-corrected chi connectivity index (χ2v) is 7.60. The zero-order valence-corrected chi connectivity index (χ0v) is 16.9. The number of nitrogens with zero attached hydrogens (tertiary/aromatic N) is 2. The van der Waals surface area contributed by atoms with Gasteiger partial charge in [-0.05, 0) is 48.5 Å². The third-order valence-corrected chi connectivity index (χ3v) is 5.71. The number of fused-ring (bicyclic) bond motifs is 4. The number of benzene rings is 4. The van der Waals surface area contributed by atoms with Crippen LogP contribution in [-0.4, -0.2) is 11.8 Å². The maximum atomic E-state index is 13.8. The molecule has 2 aliphatic heterocycles. The van der Waals surface area contributed by atoms with Crippen molar-refractivity contribution in [3.05, 3.63) is 97.1 Å². The van der Waals surface area contributed by atoms with Gasteiger partial charge in [0.2, 0.25) is 0 Å². The maximum Gasteiger partial charge on any atom is 0.321 e. The molecule has 2 N–H and O–H groups in total. The van der Waals surface area contributed by atoms with Crippen molar-refractivity contribution in [2.24, 2.45) is 0 Å². The molecular formula is C26H18N4O2. The third-order valence-electron chi connectivity index (χ3n) is 5.71. The number of carbonyl (C=O) groups is 2. The predicted octanol–water partition coefficient (Wildman–Crippen LogP) is 5.83. The van der Waals surface area contributed by atoms with Crippen LogP contribution in [0.5, 0.6) is 0 Å². The van der Waals surface area contributed by atoms with Crippen LogP contribution >= 0.6 is 0 Å². The summed E-state index contributed by atoms with van der Waals surface area (Å²) in [6, 6.07) is 29.9. The van der Waals surface area contributed by atoms with E-state index >= 15 is 0 Å². The predicted molar refractivity (Wildman–Crippen MR) is 127 cm³/mol. The van der Waals surface area contributed by atoms with Crippen LogP contribution in [0.4, 0.5) is 45.5 Å². The molecule has 4 aromatic carbocycles.